The number of carbonyl (C=O) groups is 1. The zero-order valence-corrected chi connectivity index (χ0v) is 18.1. The molecule has 158 valence electrons. The number of nitrogens with one attached hydrogen (secondary N) is 2. The van der Waals surface area contributed by atoms with Gasteiger partial charge in [0.1, 0.15) is 5.75 Å². The lowest BCUT2D eigenvalue weighted by molar-refractivity contribution is -0.116. The summed E-state index contributed by atoms with van der Waals surface area (Å²) in [6.45, 7) is 1.24. The van der Waals surface area contributed by atoms with Crippen molar-refractivity contribution >= 4 is 37.3 Å². The number of methoxy groups -OCH3 is 1. The minimum Gasteiger partial charge on any atom is -0.497 e. The molecule has 0 unspecified atom stereocenters. The van der Waals surface area contributed by atoms with Gasteiger partial charge in [-0.1, -0.05) is 6.07 Å². The van der Waals surface area contributed by atoms with Gasteiger partial charge in [0.15, 0.2) is 0 Å². The molecule has 0 aliphatic carbocycles. The van der Waals surface area contributed by atoms with Crippen LogP contribution in [0.3, 0.4) is 0 Å². The summed E-state index contributed by atoms with van der Waals surface area (Å²) in [7, 11) is -4.64. The Morgan fingerprint density at radius 2 is 1.62 bits per heavy atom. The van der Waals surface area contributed by atoms with Gasteiger partial charge >= 0.3 is 0 Å². The zero-order valence-electron chi connectivity index (χ0n) is 16.5. The molecule has 0 aromatic heterocycles. The maximum atomic E-state index is 12.8. The van der Waals surface area contributed by atoms with E-state index in [1.165, 1.54) is 20.2 Å². The highest BCUT2D eigenvalue weighted by Crippen LogP contribution is 2.24. The van der Waals surface area contributed by atoms with Crippen molar-refractivity contribution in [2.75, 3.05) is 37.0 Å². The van der Waals surface area contributed by atoms with Crippen LogP contribution >= 0.6 is 0 Å². The Bertz CT molecular complexity index is 1100. The number of ether oxygens (including phenoxy) is 1. The number of nitrogens with zero attached hydrogens (tertiary/aromatic N) is 1. The number of rotatable bonds is 8. The van der Waals surface area contributed by atoms with E-state index < -0.39 is 26.0 Å². The lowest BCUT2D eigenvalue weighted by Gasteiger charge is -2.15. The fourth-order valence-corrected chi connectivity index (χ4v) is 4.04. The van der Waals surface area contributed by atoms with E-state index in [2.05, 4.69) is 10.0 Å². The Hall–Kier alpha value is -2.63. The van der Waals surface area contributed by atoms with Gasteiger partial charge in [0.2, 0.25) is 15.9 Å². The van der Waals surface area contributed by atoms with Crippen molar-refractivity contribution in [1.82, 2.24) is 4.31 Å². The van der Waals surface area contributed by atoms with Crippen LogP contribution < -0.4 is 14.8 Å². The van der Waals surface area contributed by atoms with E-state index in [4.69, 9.17) is 4.74 Å². The van der Waals surface area contributed by atoms with Crippen molar-refractivity contribution in [1.29, 1.82) is 0 Å². The van der Waals surface area contributed by atoms with Crippen LogP contribution in [0.1, 0.15) is 5.56 Å². The van der Waals surface area contributed by atoms with Crippen molar-refractivity contribution in [3.63, 3.8) is 0 Å². The molecule has 1 amide bonds. The lowest BCUT2D eigenvalue weighted by atomic mass is 10.2. The summed E-state index contributed by atoms with van der Waals surface area (Å²) in [5.74, 6) is 0.00106. The van der Waals surface area contributed by atoms with Gasteiger partial charge in [-0.15, -0.1) is 0 Å². The van der Waals surface area contributed by atoms with Crippen LogP contribution in [0.5, 0.6) is 5.75 Å². The van der Waals surface area contributed by atoms with Crippen molar-refractivity contribution in [3.05, 3.63) is 48.0 Å². The number of aryl methyl sites for hydroxylation is 1. The molecular weight excluding hydrogens is 418 g/mol. The number of hydrogen-bond acceptors (Lipinski definition) is 6. The summed E-state index contributed by atoms with van der Waals surface area (Å²) in [5.41, 5.74) is 1.07. The van der Waals surface area contributed by atoms with Gasteiger partial charge in [-0.2, -0.15) is 4.31 Å². The van der Waals surface area contributed by atoms with Crippen molar-refractivity contribution in [3.8, 4) is 5.75 Å². The number of carbonyl (C=O) groups excluding carboxylic acids is 1. The molecular formula is C18H23N3O6S2. The van der Waals surface area contributed by atoms with Gasteiger partial charge in [0.05, 0.1) is 24.8 Å². The first-order chi connectivity index (χ1) is 13.4. The first kappa shape index (κ1) is 22.7. The number of anilines is 2. The summed E-state index contributed by atoms with van der Waals surface area (Å²) in [6.07, 6.45) is 0.988. The van der Waals surface area contributed by atoms with E-state index in [9.17, 15) is 21.6 Å². The molecule has 11 heteroatoms. The largest absolute Gasteiger partial charge is 0.497 e. The first-order valence-corrected chi connectivity index (χ1v) is 11.7. The number of benzene rings is 2. The van der Waals surface area contributed by atoms with Crippen molar-refractivity contribution in [2.24, 2.45) is 0 Å². The van der Waals surface area contributed by atoms with Gasteiger partial charge in [0, 0.05) is 18.4 Å². The molecule has 0 fully saturated rings. The quantitative estimate of drug-likeness (QED) is 0.642. The van der Waals surface area contributed by atoms with Gasteiger partial charge in [-0.25, -0.2) is 16.8 Å². The van der Waals surface area contributed by atoms with E-state index in [0.717, 1.165) is 10.6 Å². The van der Waals surface area contributed by atoms with E-state index in [-0.39, 0.29) is 17.1 Å². The first-order valence-electron chi connectivity index (χ1n) is 8.41. The molecule has 2 rings (SSSR count). The highest BCUT2D eigenvalue weighted by atomic mass is 32.2. The van der Waals surface area contributed by atoms with Gasteiger partial charge in [-0.05, 0) is 48.9 Å². The number of likely N-dealkylation sites (N-methyl/N-ethyl adjacent to an activating group) is 1. The highest BCUT2D eigenvalue weighted by molar-refractivity contribution is 7.92. The minimum absolute atomic E-state index is 0.0115. The van der Waals surface area contributed by atoms with E-state index in [1.807, 2.05) is 0 Å². The molecule has 0 heterocycles. The highest BCUT2D eigenvalue weighted by Gasteiger charge is 2.19. The van der Waals surface area contributed by atoms with Crippen LogP contribution in [0.15, 0.2) is 47.4 Å². The standard InChI is InChI=1S/C18H23N3O6S2/c1-13-5-6-15(19-18(22)12-21(2)28(4,23)24)11-17(13)29(25,26)20-14-7-9-16(27-3)10-8-14/h5-11,20H,12H2,1-4H3,(H,19,22). The Labute approximate surface area is 170 Å². The van der Waals surface area contributed by atoms with Crippen LogP contribution in [0.4, 0.5) is 11.4 Å². The third kappa shape index (κ3) is 6.17. The Morgan fingerprint density at radius 1 is 1.03 bits per heavy atom. The Kier molecular flexibility index (Phi) is 6.88. The average Bonchev–Trinajstić information content (AvgIpc) is 2.62. The molecule has 0 spiro atoms. The molecule has 2 aromatic carbocycles. The second kappa shape index (κ2) is 8.80. The average molecular weight is 442 g/mol. The third-order valence-electron chi connectivity index (χ3n) is 4.04. The topological polar surface area (TPSA) is 122 Å². The zero-order chi connectivity index (χ0) is 21.8. The second-order valence-corrected chi connectivity index (χ2v) is 10.1. The molecule has 0 aliphatic heterocycles. The normalized spacial score (nSPS) is 11.9. The van der Waals surface area contributed by atoms with Gasteiger partial charge in [-0.3, -0.25) is 9.52 Å². The lowest BCUT2D eigenvalue weighted by Crippen LogP contribution is -2.34. The Morgan fingerprint density at radius 3 is 2.17 bits per heavy atom. The van der Waals surface area contributed by atoms with Gasteiger partial charge < -0.3 is 10.1 Å². The van der Waals surface area contributed by atoms with Crippen LogP contribution in [0.2, 0.25) is 0 Å². The third-order valence-corrected chi connectivity index (χ3v) is 6.82. The monoisotopic (exact) mass is 441 g/mol. The fraction of sp³-hybridized carbons (Fsp3) is 0.278. The summed E-state index contributed by atoms with van der Waals surface area (Å²) < 4.78 is 56.8. The maximum absolute atomic E-state index is 12.8. The second-order valence-electron chi connectivity index (χ2n) is 6.38. The van der Waals surface area contributed by atoms with Crippen molar-refractivity contribution < 1.29 is 26.4 Å². The molecule has 2 N–H and O–H groups in total. The fourth-order valence-electron chi connectivity index (χ4n) is 2.36. The van der Waals surface area contributed by atoms with Crippen LogP contribution in [0, 0.1) is 6.92 Å². The molecule has 0 saturated carbocycles. The summed E-state index contributed by atoms with van der Waals surface area (Å²) in [4.78, 5) is 12.1. The molecule has 29 heavy (non-hydrogen) atoms. The molecule has 0 radical (unpaired) electrons. The van der Waals surface area contributed by atoms with E-state index in [1.54, 1.807) is 43.3 Å². The van der Waals surface area contributed by atoms with Gasteiger partial charge in [0.25, 0.3) is 10.0 Å². The smallest absolute Gasteiger partial charge is 0.262 e. The predicted molar refractivity (Wildman–Crippen MR) is 111 cm³/mol. The van der Waals surface area contributed by atoms with Crippen molar-refractivity contribution in [2.45, 2.75) is 11.8 Å². The molecule has 0 bridgehead atoms. The molecule has 0 atom stereocenters. The summed E-state index contributed by atoms with van der Waals surface area (Å²) in [5, 5.41) is 2.51. The Balaban J connectivity index is 2.21. The summed E-state index contributed by atoms with van der Waals surface area (Å²) >= 11 is 0. The molecule has 0 aliphatic rings. The minimum atomic E-state index is -3.92. The maximum Gasteiger partial charge on any atom is 0.262 e. The predicted octanol–water partition coefficient (Wildman–Crippen LogP) is 1.63. The van der Waals surface area contributed by atoms with Crippen LogP contribution in [0.25, 0.3) is 0 Å². The van der Waals surface area contributed by atoms with Crippen LogP contribution in [-0.4, -0.2) is 54.0 Å². The van der Waals surface area contributed by atoms with E-state index >= 15 is 0 Å². The SMILES string of the molecule is COc1ccc(NS(=O)(=O)c2cc(NC(=O)CN(C)S(C)(=O)=O)ccc2C)cc1. The summed E-state index contributed by atoms with van der Waals surface area (Å²) in [6, 6.07) is 10.8. The van der Waals surface area contributed by atoms with Crippen LogP contribution in [-0.2, 0) is 24.8 Å². The number of amides is 1. The molecule has 0 saturated heterocycles. The number of hydrogen-bond donors (Lipinski definition) is 2. The van der Waals surface area contributed by atoms with E-state index in [0.29, 0.717) is 17.0 Å². The molecule has 9 nitrogen and oxygen atoms in total. The molecule has 2 aromatic rings. The number of sulfonamides is 2.